The third kappa shape index (κ3) is 5.72. The van der Waals surface area contributed by atoms with Gasteiger partial charge in [0.15, 0.2) is 6.61 Å². The van der Waals surface area contributed by atoms with Crippen molar-refractivity contribution in [3.05, 3.63) is 65.9 Å². The van der Waals surface area contributed by atoms with E-state index in [1.54, 1.807) is 30.5 Å². The molecule has 0 radical (unpaired) electrons. The molecule has 1 heterocycles. The van der Waals surface area contributed by atoms with Crippen LogP contribution in [-0.2, 0) is 25.5 Å². The van der Waals surface area contributed by atoms with Crippen LogP contribution in [-0.4, -0.2) is 48.4 Å². The summed E-state index contributed by atoms with van der Waals surface area (Å²) >= 11 is 0. The van der Waals surface area contributed by atoms with Crippen LogP contribution in [0.5, 0.6) is 0 Å². The molecule has 0 aliphatic heterocycles. The van der Waals surface area contributed by atoms with Gasteiger partial charge in [0.1, 0.15) is 6.04 Å². The van der Waals surface area contributed by atoms with Crippen molar-refractivity contribution in [1.82, 2.24) is 15.6 Å². The summed E-state index contributed by atoms with van der Waals surface area (Å²) in [6, 6.07) is 12.9. The normalized spacial score (nSPS) is 11.4. The number of esters is 1. The number of fused-ring (bicyclic) bond motifs is 1. The predicted molar refractivity (Wildman–Crippen MR) is 119 cm³/mol. The summed E-state index contributed by atoms with van der Waals surface area (Å²) in [6.45, 7) is 0.796. The molecule has 0 fully saturated rings. The van der Waals surface area contributed by atoms with Crippen LogP contribution in [0.4, 0.5) is 5.69 Å². The lowest BCUT2D eigenvalue weighted by Gasteiger charge is -2.16. The molecule has 3 amide bonds. The molecule has 9 nitrogen and oxygen atoms in total. The molecule has 32 heavy (non-hydrogen) atoms. The van der Waals surface area contributed by atoms with Crippen LogP contribution in [0.15, 0.2) is 54.7 Å². The maximum atomic E-state index is 12.6. The third-order valence-electron chi connectivity index (χ3n) is 4.76. The summed E-state index contributed by atoms with van der Waals surface area (Å²) < 4.78 is 5.14. The van der Waals surface area contributed by atoms with E-state index in [9.17, 15) is 19.2 Å². The largest absolute Gasteiger partial charge is 0.454 e. The molecule has 9 heteroatoms. The SMILES string of the molecule is CNC(=O)c1ccc(NC(=O)COC(=O)[C@H](Cc2c[nH]c3ccccc23)NC(C)=O)cc1. The zero-order valence-corrected chi connectivity index (χ0v) is 17.7. The average Bonchev–Trinajstić information content (AvgIpc) is 3.19. The van der Waals surface area contributed by atoms with Crippen molar-refractivity contribution in [2.75, 3.05) is 19.0 Å². The number of para-hydroxylation sites is 1. The minimum Gasteiger partial charge on any atom is -0.454 e. The van der Waals surface area contributed by atoms with E-state index >= 15 is 0 Å². The molecule has 4 N–H and O–H groups in total. The minimum atomic E-state index is -0.939. The van der Waals surface area contributed by atoms with Gasteiger partial charge in [0.2, 0.25) is 5.91 Å². The van der Waals surface area contributed by atoms with Gasteiger partial charge in [-0.1, -0.05) is 18.2 Å². The maximum Gasteiger partial charge on any atom is 0.329 e. The Kier molecular flexibility index (Phi) is 7.22. The molecule has 0 saturated carbocycles. The first-order chi connectivity index (χ1) is 15.4. The fraction of sp³-hybridized carbons (Fsp3) is 0.217. The van der Waals surface area contributed by atoms with E-state index in [0.717, 1.165) is 16.5 Å². The van der Waals surface area contributed by atoms with Gasteiger partial charge in [0.25, 0.3) is 11.8 Å². The molecule has 0 bridgehead atoms. The Morgan fingerprint density at radius 1 is 1.03 bits per heavy atom. The molecule has 166 valence electrons. The first-order valence-electron chi connectivity index (χ1n) is 9.98. The number of carbonyl (C=O) groups excluding carboxylic acids is 4. The second-order valence-electron chi connectivity index (χ2n) is 7.13. The third-order valence-corrected chi connectivity index (χ3v) is 4.76. The summed E-state index contributed by atoms with van der Waals surface area (Å²) in [5.74, 6) is -1.88. The first-order valence-corrected chi connectivity index (χ1v) is 9.98. The van der Waals surface area contributed by atoms with E-state index in [-0.39, 0.29) is 18.2 Å². The van der Waals surface area contributed by atoms with Gasteiger partial charge in [0, 0.05) is 48.7 Å². The highest BCUT2D eigenvalue weighted by Crippen LogP contribution is 2.19. The van der Waals surface area contributed by atoms with Crippen LogP contribution in [0.2, 0.25) is 0 Å². The lowest BCUT2D eigenvalue weighted by atomic mass is 10.0. The molecule has 1 atom stereocenters. The quantitative estimate of drug-likeness (QED) is 0.400. The second kappa shape index (κ2) is 10.3. The van der Waals surface area contributed by atoms with Gasteiger partial charge in [-0.25, -0.2) is 4.79 Å². The number of hydrogen-bond acceptors (Lipinski definition) is 5. The number of carbonyl (C=O) groups is 4. The molecule has 2 aromatic carbocycles. The number of aromatic amines is 1. The number of aromatic nitrogens is 1. The van der Waals surface area contributed by atoms with E-state index in [2.05, 4.69) is 20.9 Å². The van der Waals surface area contributed by atoms with Crippen LogP contribution in [0.1, 0.15) is 22.8 Å². The number of amides is 3. The molecular weight excluding hydrogens is 412 g/mol. The van der Waals surface area contributed by atoms with Crippen molar-refractivity contribution in [3.8, 4) is 0 Å². The van der Waals surface area contributed by atoms with E-state index < -0.39 is 24.5 Å². The smallest absolute Gasteiger partial charge is 0.329 e. The Morgan fingerprint density at radius 3 is 2.44 bits per heavy atom. The summed E-state index contributed by atoms with van der Waals surface area (Å²) in [4.78, 5) is 51.0. The fourth-order valence-electron chi connectivity index (χ4n) is 3.24. The Bertz CT molecular complexity index is 1140. The molecule has 1 aromatic heterocycles. The van der Waals surface area contributed by atoms with E-state index in [0.29, 0.717) is 11.3 Å². The highest BCUT2D eigenvalue weighted by molar-refractivity contribution is 5.96. The predicted octanol–water partition coefficient (Wildman–Crippen LogP) is 1.76. The zero-order chi connectivity index (χ0) is 23.1. The number of rotatable bonds is 8. The van der Waals surface area contributed by atoms with Gasteiger partial charge in [-0.15, -0.1) is 0 Å². The van der Waals surface area contributed by atoms with Crippen LogP contribution in [0.25, 0.3) is 10.9 Å². The number of H-pyrrole nitrogens is 1. The molecule has 0 spiro atoms. The summed E-state index contributed by atoms with van der Waals surface area (Å²) in [5, 5.41) is 8.62. The van der Waals surface area contributed by atoms with E-state index in [1.807, 2.05) is 24.3 Å². The average molecular weight is 436 g/mol. The van der Waals surface area contributed by atoms with Crippen molar-refractivity contribution >= 4 is 40.3 Å². The van der Waals surface area contributed by atoms with Gasteiger partial charge < -0.3 is 25.7 Å². The van der Waals surface area contributed by atoms with Crippen LogP contribution in [0, 0.1) is 0 Å². The molecule has 0 saturated heterocycles. The van der Waals surface area contributed by atoms with E-state index in [1.165, 1.54) is 14.0 Å². The number of hydrogen-bond donors (Lipinski definition) is 4. The highest BCUT2D eigenvalue weighted by atomic mass is 16.5. The van der Waals surface area contributed by atoms with Crippen molar-refractivity contribution in [2.45, 2.75) is 19.4 Å². The van der Waals surface area contributed by atoms with Gasteiger partial charge in [-0.3, -0.25) is 14.4 Å². The van der Waals surface area contributed by atoms with Gasteiger partial charge in [-0.2, -0.15) is 0 Å². The van der Waals surface area contributed by atoms with Crippen molar-refractivity contribution in [2.24, 2.45) is 0 Å². The highest BCUT2D eigenvalue weighted by Gasteiger charge is 2.23. The van der Waals surface area contributed by atoms with E-state index in [4.69, 9.17) is 4.74 Å². The Balaban J connectivity index is 1.59. The molecule has 0 aliphatic rings. The standard InChI is InChI=1S/C23H24N4O5/c1-14(28)26-20(11-16-12-25-19-6-4-3-5-18(16)19)23(31)32-13-21(29)27-17-9-7-15(8-10-17)22(30)24-2/h3-10,12,20,25H,11,13H2,1-2H3,(H,24,30)(H,26,28)(H,27,29)/t20-/m0/s1. The van der Waals surface area contributed by atoms with Crippen LogP contribution < -0.4 is 16.0 Å². The maximum absolute atomic E-state index is 12.6. The van der Waals surface area contributed by atoms with Crippen LogP contribution in [0.3, 0.4) is 0 Å². The molecule has 0 aliphatic carbocycles. The van der Waals surface area contributed by atoms with Gasteiger partial charge in [0.05, 0.1) is 0 Å². The second-order valence-corrected chi connectivity index (χ2v) is 7.13. The summed E-state index contributed by atoms with van der Waals surface area (Å²) in [5.41, 5.74) is 2.67. The number of ether oxygens (including phenoxy) is 1. The van der Waals surface area contributed by atoms with Gasteiger partial charge >= 0.3 is 5.97 Å². The monoisotopic (exact) mass is 436 g/mol. The number of anilines is 1. The minimum absolute atomic E-state index is 0.213. The van der Waals surface area contributed by atoms with Crippen molar-refractivity contribution in [1.29, 1.82) is 0 Å². The summed E-state index contributed by atoms with van der Waals surface area (Å²) in [6.07, 6.45) is 1.99. The number of nitrogens with one attached hydrogen (secondary N) is 4. The Labute approximate surface area is 184 Å². The van der Waals surface area contributed by atoms with Crippen molar-refractivity contribution < 1.29 is 23.9 Å². The lowest BCUT2D eigenvalue weighted by molar-refractivity contribution is -0.150. The zero-order valence-electron chi connectivity index (χ0n) is 17.7. The van der Waals surface area contributed by atoms with Crippen molar-refractivity contribution in [3.63, 3.8) is 0 Å². The lowest BCUT2D eigenvalue weighted by Crippen LogP contribution is -2.43. The molecular formula is C23H24N4O5. The van der Waals surface area contributed by atoms with Gasteiger partial charge in [-0.05, 0) is 35.9 Å². The van der Waals surface area contributed by atoms with Crippen LogP contribution >= 0.6 is 0 Å². The topological polar surface area (TPSA) is 129 Å². The Hall–Kier alpha value is -4.14. The molecule has 3 rings (SSSR count). The fourth-order valence-corrected chi connectivity index (χ4v) is 3.24. The first kappa shape index (κ1) is 22.5. The Morgan fingerprint density at radius 2 is 1.75 bits per heavy atom. The number of benzene rings is 2. The summed E-state index contributed by atoms with van der Waals surface area (Å²) in [7, 11) is 1.53. The molecule has 3 aromatic rings. The molecule has 0 unspecified atom stereocenters.